The molecular formula is C15H25NO2. The van der Waals surface area contributed by atoms with E-state index in [-0.39, 0.29) is 11.3 Å². The highest BCUT2D eigenvalue weighted by atomic mass is 16.5. The summed E-state index contributed by atoms with van der Waals surface area (Å²) in [6.07, 6.45) is -0.502. The summed E-state index contributed by atoms with van der Waals surface area (Å²) in [7, 11) is 1.64. The van der Waals surface area contributed by atoms with Gasteiger partial charge in [-0.05, 0) is 18.4 Å². The number of aliphatic hydroxyl groups is 1. The monoisotopic (exact) mass is 251 g/mol. The Bertz CT molecular complexity index is 396. The van der Waals surface area contributed by atoms with Gasteiger partial charge in [0.2, 0.25) is 0 Å². The first-order valence-electron chi connectivity index (χ1n) is 6.34. The van der Waals surface area contributed by atoms with Crippen molar-refractivity contribution < 1.29 is 9.84 Å². The van der Waals surface area contributed by atoms with E-state index in [0.29, 0.717) is 6.54 Å². The lowest BCUT2D eigenvalue weighted by atomic mass is 9.78. The molecule has 2 unspecified atom stereocenters. The predicted octanol–water partition coefficient (Wildman–Crippen LogP) is 2.45. The third kappa shape index (κ3) is 3.24. The molecular weight excluding hydrogens is 226 g/mol. The first-order chi connectivity index (χ1) is 8.31. The lowest BCUT2D eigenvalue weighted by Crippen LogP contribution is -2.36. The van der Waals surface area contributed by atoms with E-state index in [1.807, 2.05) is 45.9 Å². The molecule has 3 N–H and O–H groups in total. The van der Waals surface area contributed by atoms with Crippen LogP contribution in [-0.2, 0) is 0 Å². The van der Waals surface area contributed by atoms with E-state index >= 15 is 0 Å². The highest BCUT2D eigenvalue weighted by molar-refractivity contribution is 5.40. The van der Waals surface area contributed by atoms with Gasteiger partial charge in [0, 0.05) is 18.0 Å². The first-order valence-corrected chi connectivity index (χ1v) is 6.34. The van der Waals surface area contributed by atoms with E-state index in [1.54, 1.807) is 7.11 Å². The quantitative estimate of drug-likeness (QED) is 0.864. The van der Waals surface area contributed by atoms with Gasteiger partial charge in [0.15, 0.2) is 0 Å². The Morgan fingerprint density at radius 1 is 1.33 bits per heavy atom. The molecule has 0 radical (unpaired) electrons. The van der Waals surface area contributed by atoms with E-state index < -0.39 is 6.10 Å². The Hall–Kier alpha value is -1.06. The van der Waals surface area contributed by atoms with Crippen LogP contribution in [0.15, 0.2) is 18.2 Å². The van der Waals surface area contributed by atoms with Crippen LogP contribution in [0.5, 0.6) is 5.75 Å². The molecule has 0 aliphatic carbocycles. The van der Waals surface area contributed by atoms with Gasteiger partial charge >= 0.3 is 0 Å². The summed E-state index contributed by atoms with van der Waals surface area (Å²) in [6, 6.07) is 5.98. The maximum atomic E-state index is 10.5. The van der Waals surface area contributed by atoms with Gasteiger partial charge in [-0.25, -0.2) is 0 Å². The molecule has 0 aliphatic rings. The van der Waals surface area contributed by atoms with Crippen LogP contribution >= 0.6 is 0 Å². The number of hydrogen-bond acceptors (Lipinski definition) is 3. The molecule has 0 amide bonds. The van der Waals surface area contributed by atoms with Crippen molar-refractivity contribution in [2.24, 2.45) is 11.1 Å². The Balaban J connectivity index is 3.20. The fraction of sp³-hybridized carbons (Fsp3) is 0.600. The van der Waals surface area contributed by atoms with Gasteiger partial charge in [0.05, 0.1) is 13.2 Å². The second kappa shape index (κ2) is 5.72. The van der Waals surface area contributed by atoms with Crippen molar-refractivity contribution in [1.29, 1.82) is 0 Å². The van der Waals surface area contributed by atoms with E-state index in [9.17, 15) is 5.11 Å². The number of aliphatic hydroxyl groups excluding tert-OH is 1. The molecule has 1 aromatic rings. The molecule has 3 nitrogen and oxygen atoms in total. The van der Waals surface area contributed by atoms with Gasteiger partial charge in [-0.2, -0.15) is 0 Å². The normalized spacial score (nSPS) is 15.3. The summed E-state index contributed by atoms with van der Waals surface area (Å²) in [5.74, 6) is 0.680. The highest BCUT2D eigenvalue weighted by Crippen LogP contribution is 2.35. The van der Waals surface area contributed by atoms with Crippen molar-refractivity contribution >= 4 is 0 Å². The van der Waals surface area contributed by atoms with Crippen LogP contribution in [-0.4, -0.2) is 24.9 Å². The van der Waals surface area contributed by atoms with Crippen LogP contribution < -0.4 is 10.5 Å². The van der Waals surface area contributed by atoms with Crippen LogP contribution in [0.3, 0.4) is 0 Å². The van der Waals surface area contributed by atoms with Gasteiger partial charge in [-0.3, -0.25) is 0 Å². The zero-order valence-corrected chi connectivity index (χ0v) is 12.0. The van der Waals surface area contributed by atoms with Crippen LogP contribution in [0, 0.1) is 12.3 Å². The second-order valence-electron chi connectivity index (χ2n) is 5.90. The van der Waals surface area contributed by atoms with Gasteiger partial charge in [-0.1, -0.05) is 38.5 Å². The third-order valence-corrected chi connectivity index (χ3v) is 3.31. The molecule has 2 atom stereocenters. The largest absolute Gasteiger partial charge is 0.496 e. The lowest BCUT2D eigenvalue weighted by molar-refractivity contribution is 0.0401. The fourth-order valence-corrected chi connectivity index (χ4v) is 2.17. The summed E-state index contributed by atoms with van der Waals surface area (Å²) in [5.41, 5.74) is 7.78. The molecule has 0 heterocycles. The van der Waals surface area contributed by atoms with Crippen molar-refractivity contribution in [2.75, 3.05) is 13.7 Å². The number of benzene rings is 1. The van der Waals surface area contributed by atoms with Crippen LogP contribution in [0.25, 0.3) is 0 Å². The number of hydrogen-bond donors (Lipinski definition) is 2. The minimum absolute atomic E-state index is 0.111. The number of rotatable bonds is 4. The molecule has 0 aliphatic heterocycles. The number of methoxy groups -OCH3 is 1. The average molecular weight is 251 g/mol. The molecule has 0 fully saturated rings. The first kappa shape index (κ1) is 15.0. The SMILES string of the molecule is COc1ccc(C)cc1C(CN)C(O)C(C)(C)C. The van der Waals surface area contributed by atoms with Crippen molar-refractivity contribution in [3.05, 3.63) is 29.3 Å². The molecule has 18 heavy (non-hydrogen) atoms. The molecule has 102 valence electrons. The van der Waals surface area contributed by atoms with Gasteiger partial charge in [0.25, 0.3) is 0 Å². The number of aryl methyl sites for hydroxylation is 1. The summed E-state index contributed by atoms with van der Waals surface area (Å²) in [6.45, 7) is 8.48. The summed E-state index contributed by atoms with van der Waals surface area (Å²) >= 11 is 0. The maximum absolute atomic E-state index is 10.5. The zero-order valence-electron chi connectivity index (χ0n) is 12.0. The molecule has 0 saturated heterocycles. The zero-order chi connectivity index (χ0) is 13.9. The Kier molecular flexibility index (Phi) is 4.77. The summed E-state index contributed by atoms with van der Waals surface area (Å²) < 4.78 is 5.38. The molecule has 0 saturated carbocycles. The van der Waals surface area contributed by atoms with Gasteiger partial charge in [-0.15, -0.1) is 0 Å². The van der Waals surface area contributed by atoms with E-state index in [2.05, 4.69) is 0 Å². The minimum atomic E-state index is -0.502. The van der Waals surface area contributed by atoms with Crippen LogP contribution in [0.2, 0.25) is 0 Å². The van der Waals surface area contributed by atoms with E-state index in [4.69, 9.17) is 10.5 Å². The van der Waals surface area contributed by atoms with Crippen LogP contribution in [0.1, 0.15) is 37.8 Å². The van der Waals surface area contributed by atoms with Crippen molar-refractivity contribution in [2.45, 2.75) is 39.7 Å². The van der Waals surface area contributed by atoms with Crippen LogP contribution in [0.4, 0.5) is 0 Å². The fourth-order valence-electron chi connectivity index (χ4n) is 2.17. The standard InChI is InChI=1S/C15H25NO2/c1-10-6-7-13(18-5)11(8-10)12(9-16)14(17)15(2,3)4/h6-8,12,14,17H,9,16H2,1-5H3. The van der Waals surface area contributed by atoms with Gasteiger partial charge in [0.1, 0.15) is 5.75 Å². The molecule has 0 spiro atoms. The molecule has 0 bridgehead atoms. The van der Waals surface area contributed by atoms with E-state index in [0.717, 1.165) is 16.9 Å². The topological polar surface area (TPSA) is 55.5 Å². The molecule has 1 rings (SSSR count). The lowest BCUT2D eigenvalue weighted by Gasteiger charge is -2.33. The minimum Gasteiger partial charge on any atom is -0.496 e. The second-order valence-corrected chi connectivity index (χ2v) is 5.90. The van der Waals surface area contributed by atoms with Crippen molar-refractivity contribution in [3.8, 4) is 5.75 Å². The Labute approximate surface area is 110 Å². The van der Waals surface area contributed by atoms with Gasteiger partial charge < -0.3 is 15.6 Å². The predicted molar refractivity (Wildman–Crippen MR) is 75.0 cm³/mol. The summed E-state index contributed by atoms with van der Waals surface area (Å²) in [4.78, 5) is 0. The maximum Gasteiger partial charge on any atom is 0.122 e. The average Bonchev–Trinajstić information content (AvgIpc) is 2.29. The summed E-state index contributed by atoms with van der Waals surface area (Å²) in [5, 5.41) is 10.5. The van der Waals surface area contributed by atoms with E-state index in [1.165, 1.54) is 0 Å². The van der Waals surface area contributed by atoms with Crippen molar-refractivity contribution in [3.63, 3.8) is 0 Å². The Morgan fingerprint density at radius 3 is 2.39 bits per heavy atom. The third-order valence-electron chi connectivity index (χ3n) is 3.31. The highest BCUT2D eigenvalue weighted by Gasteiger charge is 2.32. The smallest absolute Gasteiger partial charge is 0.122 e. The number of nitrogens with two attached hydrogens (primary N) is 1. The van der Waals surface area contributed by atoms with Crippen molar-refractivity contribution in [1.82, 2.24) is 0 Å². The molecule has 1 aromatic carbocycles. The number of ether oxygens (including phenoxy) is 1. The Morgan fingerprint density at radius 2 is 1.94 bits per heavy atom. The molecule has 3 heteroatoms. The molecule has 0 aromatic heterocycles.